The van der Waals surface area contributed by atoms with Crippen LogP contribution < -0.4 is 5.73 Å². The Kier molecular flexibility index (Phi) is 5.49. The third-order valence-electron chi connectivity index (χ3n) is 4.04. The summed E-state index contributed by atoms with van der Waals surface area (Å²) < 4.78 is 70.3. The average Bonchev–Trinajstić information content (AvgIpc) is 3.14. The van der Waals surface area contributed by atoms with Gasteiger partial charge in [-0.15, -0.1) is 0 Å². The van der Waals surface area contributed by atoms with Crippen LogP contribution in [0.1, 0.15) is 32.8 Å². The maximum atomic E-state index is 15.1. The lowest BCUT2D eigenvalue weighted by atomic mass is 10.1. The molecule has 0 saturated carbocycles. The third-order valence-corrected chi connectivity index (χ3v) is 4.04. The number of imidazole rings is 1. The molecule has 3 heterocycles. The van der Waals surface area contributed by atoms with Crippen LogP contribution in [0, 0.1) is 0 Å². The number of rotatable bonds is 3. The number of halogens is 4. The Balaban J connectivity index is 1.93. The molecule has 4 atom stereocenters. The molecule has 2 aromatic rings. The Bertz CT molecular complexity index is 944. The van der Waals surface area contributed by atoms with Gasteiger partial charge < -0.3 is 25.1 Å². The van der Waals surface area contributed by atoms with Crippen molar-refractivity contribution < 1.29 is 41.7 Å². The Labute approximate surface area is 166 Å². The number of carbonyl (C=O) groups is 1. The standard InChI is InChI=1S/C16H19F4N5O5/c1-15(2,3)30-14(27)29-9-6(4-26)28-12(7(9)17)25-5-22-8-10(21)23-13(16(18,19)20)24-11(8)25/h5-7,9,12,26H,4H2,1-3H3,(H2,21,23,24)/t6-,7?,9?,12-/m1/s1. The maximum absolute atomic E-state index is 15.1. The minimum atomic E-state index is -4.90. The zero-order chi connectivity index (χ0) is 22.4. The predicted molar refractivity (Wildman–Crippen MR) is 91.7 cm³/mol. The molecule has 1 saturated heterocycles. The first-order valence-electron chi connectivity index (χ1n) is 8.69. The number of alkyl halides is 4. The first-order valence-corrected chi connectivity index (χ1v) is 8.69. The van der Waals surface area contributed by atoms with E-state index in [0.717, 1.165) is 10.9 Å². The molecule has 1 aliphatic heterocycles. The van der Waals surface area contributed by atoms with Crippen molar-refractivity contribution in [3.63, 3.8) is 0 Å². The quantitative estimate of drug-likeness (QED) is 0.546. The Hall–Kier alpha value is -2.74. The van der Waals surface area contributed by atoms with Gasteiger partial charge in [-0.2, -0.15) is 13.2 Å². The van der Waals surface area contributed by atoms with E-state index in [9.17, 15) is 23.1 Å². The number of aliphatic hydroxyl groups is 1. The van der Waals surface area contributed by atoms with Crippen LogP contribution in [0.3, 0.4) is 0 Å². The van der Waals surface area contributed by atoms with Crippen molar-refractivity contribution in [2.75, 3.05) is 12.3 Å². The Morgan fingerprint density at radius 2 is 2.00 bits per heavy atom. The summed E-state index contributed by atoms with van der Waals surface area (Å²) in [5.41, 5.74) is 3.97. The summed E-state index contributed by atoms with van der Waals surface area (Å²) in [7, 11) is 0. The monoisotopic (exact) mass is 437 g/mol. The van der Waals surface area contributed by atoms with Crippen molar-refractivity contribution in [2.45, 2.75) is 57.2 Å². The van der Waals surface area contributed by atoms with E-state index in [4.69, 9.17) is 19.9 Å². The average molecular weight is 437 g/mol. The first-order chi connectivity index (χ1) is 13.8. The Morgan fingerprint density at radius 3 is 2.57 bits per heavy atom. The molecule has 0 amide bonds. The van der Waals surface area contributed by atoms with Crippen LogP contribution in [0.2, 0.25) is 0 Å². The molecular formula is C16H19F4N5O5. The van der Waals surface area contributed by atoms with E-state index in [0.29, 0.717) is 0 Å². The second-order valence-corrected chi connectivity index (χ2v) is 7.49. The van der Waals surface area contributed by atoms with Crippen LogP contribution in [-0.2, 0) is 20.4 Å². The Morgan fingerprint density at radius 1 is 1.33 bits per heavy atom. The topological polar surface area (TPSA) is 135 Å². The third kappa shape index (κ3) is 4.23. The van der Waals surface area contributed by atoms with Gasteiger partial charge in [-0.1, -0.05) is 0 Å². The molecule has 10 nitrogen and oxygen atoms in total. The number of nitrogens with two attached hydrogens (primary N) is 1. The van der Waals surface area contributed by atoms with E-state index in [1.165, 1.54) is 0 Å². The molecule has 166 valence electrons. The molecule has 2 unspecified atom stereocenters. The predicted octanol–water partition coefficient (Wildman–Crippen LogP) is 1.98. The van der Waals surface area contributed by atoms with E-state index < -0.39 is 66.4 Å². The lowest BCUT2D eigenvalue weighted by Gasteiger charge is -2.23. The van der Waals surface area contributed by atoms with Gasteiger partial charge in [0.2, 0.25) is 5.82 Å². The molecule has 30 heavy (non-hydrogen) atoms. The van der Waals surface area contributed by atoms with Crippen LogP contribution in [0.25, 0.3) is 11.2 Å². The summed E-state index contributed by atoms with van der Waals surface area (Å²) in [4.78, 5) is 22.2. The van der Waals surface area contributed by atoms with Crippen LogP contribution in [0.15, 0.2) is 6.33 Å². The SMILES string of the molecule is CC(C)(C)OC(=O)OC1C(F)[C@H](n2cnc3c(N)nc(C(F)(F)F)nc32)O[C@@H]1CO. The van der Waals surface area contributed by atoms with Crippen LogP contribution in [0.4, 0.5) is 28.2 Å². The highest BCUT2D eigenvalue weighted by atomic mass is 19.4. The summed E-state index contributed by atoms with van der Waals surface area (Å²) in [6.45, 7) is 3.97. The number of carbonyl (C=O) groups excluding carboxylic acids is 1. The minimum absolute atomic E-state index is 0.198. The minimum Gasteiger partial charge on any atom is -0.429 e. The van der Waals surface area contributed by atoms with Crippen molar-refractivity contribution in [3.05, 3.63) is 12.2 Å². The van der Waals surface area contributed by atoms with Gasteiger partial charge in [0.05, 0.1) is 12.9 Å². The molecule has 3 rings (SSSR count). The smallest absolute Gasteiger partial charge is 0.429 e. The highest BCUT2D eigenvalue weighted by Crippen LogP contribution is 2.37. The van der Waals surface area contributed by atoms with Gasteiger partial charge in [0.15, 0.2) is 30.0 Å². The van der Waals surface area contributed by atoms with Crippen molar-refractivity contribution >= 4 is 23.1 Å². The lowest BCUT2D eigenvalue weighted by molar-refractivity contribution is -0.144. The van der Waals surface area contributed by atoms with Crippen molar-refractivity contribution in [3.8, 4) is 0 Å². The number of aromatic nitrogens is 4. The number of ether oxygens (including phenoxy) is 3. The van der Waals surface area contributed by atoms with Crippen molar-refractivity contribution in [1.29, 1.82) is 0 Å². The summed E-state index contributed by atoms with van der Waals surface area (Å²) in [6.07, 6.45) is -11.7. The van der Waals surface area contributed by atoms with Gasteiger partial charge >= 0.3 is 12.3 Å². The van der Waals surface area contributed by atoms with E-state index in [2.05, 4.69) is 15.0 Å². The van der Waals surface area contributed by atoms with E-state index >= 15 is 4.39 Å². The fourth-order valence-corrected chi connectivity index (χ4v) is 2.84. The van der Waals surface area contributed by atoms with Gasteiger partial charge in [-0.3, -0.25) is 4.57 Å². The highest BCUT2D eigenvalue weighted by Gasteiger charge is 2.49. The normalized spacial score (nSPS) is 24.9. The number of hydrogen-bond acceptors (Lipinski definition) is 9. The van der Waals surface area contributed by atoms with Crippen molar-refractivity contribution in [1.82, 2.24) is 19.5 Å². The number of hydrogen-bond donors (Lipinski definition) is 2. The molecule has 0 radical (unpaired) electrons. The number of anilines is 1. The molecule has 3 N–H and O–H groups in total. The molecule has 14 heteroatoms. The number of nitrogens with zero attached hydrogens (tertiary/aromatic N) is 4. The van der Waals surface area contributed by atoms with Gasteiger partial charge in [0.1, 0.15) is 17.2 Å². The fraction of sp³-hybridized carbons (Fsp3) is 0.625. The molecule has 1 aliphatic rings. The summed E-state index contributed by atoms with van der Waals surface area (Å²) in [6, 6.07) is 0. The van der Waals surface area contributed by atoms with E-state index in [1.54, 1.807) is 20.8 Å². The van der Waals surface area contributed by atoms with Gasteiger partial charge in [-0.25, -0.2) is 24.1 Å². The zero-order valence-corrected chi connectivity index (χ0v) is 16.1. The fourth-order valence-electron chi connectivity index (χ4n) is 2.84. The number of aliphatic hydroxyl groups excluding tert-OH is 1. The second-order valence-electron chi connectivity index (χ2n) is 7.49. The van der Waals surface area contributed by atoms with Crippen molar-refractivity contribution in [2.24, 2.45) is 0 Å². The molecule has 0 spiro atoms. The summed E-state index contributed by atoms with van der Waals surface area (Å²) in [5.74, 6) is -2.09. The maximum Gasteiger partial charge on any atom is 0.509 e. The second kappa shape index (κ2) is 7.50. The van der Waals surface area contributed by atoms with Crippen LogP contribution in [0.5, 0.6) is 0 Å². The largest absolute Gasteiger partial charge is 0.509 e. The number of nitrogen functional groups attached to an aromatic ring is 1. The number of fused-ring (bicyclic) bond motifs is 1. The van der Waals surface area contributed by atoms with E-state index in [-0.39, 0.29) is 5.52 Å². The molecular weight excluding hydrogens is 418 g/mol. The van der Waals surface area contributed by atoms with Gasteiger partial charge in [-0.05, 0) is 20.8 Å². The molecule has 1 fully saturated rings. The molecule has 2 aromatic heterocycles. The van der Waals surface area contributed by atoms with Gasteiger partial charge in [0, 0.05) is 0 Å². The van der Waals surface area contributed by atoms with Crippen LogP contribution >= 0.6 is 0 Å². The molecule has 0 aromatic carbocycles. The van der Waals surface area contributed by atoms with Crippen LogP contribution in [-0.4, -0.2) is 61.4 Å². The summed E-state index contributed by atoms with van der Waals surface area (Å²) >= 11 is 0. The molecule has 0 bridgehead atoms. The summed E-state index contributed by atoms with van der Waals surface area (Å²) in [5, 5.41) is 9.48. The van der Waals surface area contributed by atoms with Gasteiger partial charge in [0.25, 0.3) is 0 Å². The first kappa shape index (κ1) is 22.0. The lowest BCUT2D eigenvalue weighted by Crippen LogP contribution is -2.37. The molecule has 0 aliphatic carbocycles. The zero-order valence-electron chi connectivity index (χ0n) is 16.1. The van der Waals surface area contributed by atoms with E-state index in [1.807, 2.05) is 0 Å². The highest BCUT2D eigenvalue weighted by molar-refractivity contribution is 5.81.